The van der Waals surface area contributed by atoms with Crippen LogP contribution in [0.4, 0.5) is 11.4 Å². The molecule has 0 aliphatic heterocycles. The predicted octanol–water partition coefficient (Wildman–Crippen LogP) is 6.94. The van der Waals surface area contributed by atoms with Crippen LogP contribution in [0.2, 0.25) is 0 Å². The van der Waals surface area contributed by atoms with E-state index in [1.165, 1.54) is 29.5 Å². The average molecular weight is 419 g/mol. The van der Waals surface area contributed by atoms with Crippen LogP contribution >= 0.6 is 11.8 Å². The maximum absolute atomic E-state index is 10.8. The van der Waals surface area contributed by atoms with E-state index in [1.54, 1.807) is 18.2 Å². The molecule has 0 saturated heterocycles. The number of hydrogen-bond donors (Lipinski definition) is 0. The quantitative estimate of drug-likeness (QED) is 0.143. The van der Waals surface area contributed by atoms with Gasteiger partial charge in [-0.2, -0.15) is 0 Å². The number of aliphatic imine (C=N–C) groups is 1. The van der Waals surface area contributed by atoms with Crippen LogP contribution in [0, 0.1) is 30.9 Å². The van der Waals surface area contributed by atoms with Crippen LogP contribution in [0.5, 0.6) is 5.75 Å². The van der Waals surface area contributed by atoms with Crippen molar-refractivity contribution in [2.45, 2.75) is 25.7 Å². The van der Waals surface area contributed by atoms with Gasteiger partial charge in [-0.3, -0.25) is 10.1 Å². The van der Waals surface area contributed by atoms with Crippen molar-refractivity contribution in [2.75, 3.05) is 0 Å². The molecule has 0 amide bonds. The number of thioether (sulfide) groups is 1. The van der Waals surface area contributed by atoms with E-state index in [4.69, 9.17) is 4.74 Å². The fourth-order valence-corrected chi connectivity index (χ4v) is 3.27. The lowest BCUT2D eigenvalue weighted by atomic mass is 10.1. The Morgan fingerprint density at radius 1 is 1.00 bits per heavy atom. The van der Waals surface area contributed by atoms with Gasteiger partial charge in [0.25, 0.3) is 5.69 Å². The zero-order valence-corrected chi connectivity index (χ0v) is 17.8. The molecule has 0 heterocycles. The first-order valence-corrected chi connectivity index (χ1v) is 10.3. The van der Waals surface area contributed by atoms with E-state index in [0.717, 1.165) is 21.7 Å². The molecule has 0 bridgehead atoms. The summed E-state index contributed by atoms with van der Waals surface area (Å²) in [5.41, 5.74) is 4.35. The number of rotatable bonds is 6. The van der Waals surface area contributed by atoms with Crippen molar-refractivity contribution >= 4 is 29.0 Å². The van der Waals surface area contributed by atoms with Gasteiger partial charge < -0.3 is 4.74 Å². The summed E-state index contributed by atoms with van der Waals surface area (Å²) in [6, 6.07) is 20.2. The third-order valence-corrected chi connectivity index (χ3v) is 5.22. The van der Waals surface area contributed by atoms with Crippen molar-refractivity contribution in [1.29, 1.82) is 0 Å². The number of non-ortho nitro benzene ring substituents is 1. The highest BCUT2D eigenvalue weighted by atomic mass is 32.2. The summed E-state index contributed by atoms with van der Waals surface area (Å²) in [6.45, 7) is 6.12. The Labute approximate surface area is 180 Å². The highest BCUT2D eigenvalue weighted by Crippen LogP contribution is 2.23. The fraction of sp³-hybridized carbons (Fsp3) is 0.125. The van der Waals surface area contributed by atoms with Gasteiger partial charge in [-0.15, -0.1) is 0 Å². The minimum absolute atomic E-state index is 0.0723. The SMILES string of the molecule is Cc1cccc(OC(/C=C/Sc2ccc([N+](=O)[O-])cc2)=Nc2ccc(C)c(C)c2)c1. The number of nitrogens with zero attached hydrogens (tertiary/aromatic N) is 2. The molecule has 0 N–H and O–H groups in total. The van der Waals surface area contributed by atoms with E-state index >= 15 is 0 Å². The average Bonchev–Trinajstić information content (AvgIpc) is 2.71. The molecule has 0 aliphatic rings. The second kappa shape index (κ2) is 9.89. The van der Waals surface area contributed by atoms with Crippen LogP contribution in [-0.4, -0.2) is 10.8 Å². The standard InChI is InChI=1S/C24H22N2O3S/c1-17-5-4-6-22(15-17)29-24(25-20-8-7-18(2)19(3)16-20)13-14-30-23-11-9-21(10-12-23)26(27)28/h4-16H,1-3H3/b14-13+,25-24?. The lowest BCUT2D eigenvalue weighted by Crippen LogP contribution is -2.04. The molecule has 152 valence electrons. The molecule has 0 fully saturated rings. The number of nitro benzene ring substituents is 1. The van der Waals surface area contributed by atoms with Gasteiger partial charge >= 0.3 is 0 Å². The molecule has 5 nitrogen and oxygen atoms in total. The molecular formula is C24H22N2O3S. The lowest BCUT2D eigenvalue weighted by molar-refractivity contribution is -0.384. The van der Waals surface area contributed by atoms with Gasteiger partial charge in [0.2, 0.25) is 5.90 Å². The smallest absolute Gasteiger partial charge is 0.269 e. The van der Waals surface area contributed by atoms with Crippen LogP contribution in [0.1, 0.15) is 16.7 Å². The Morgan fingerprint density at radius 2 is 1.77 bits per heavy atom. The van der Waals surface area contributed by atoms with Crippen molar-refractivity contribution in [3.05, 3.63) is 105 Å². The molecule has 3 rings (SSSR count). The van der Waals surface area contributed by atoms with Crippen molar-refractivity contribution in [2.24, 2.45) is 4.99 Å². The Kier molecular flexibility index (Phi) is 7.03. The Morgan fingerprint density at radius 3 is 2.43 bits per heavy atom. The lowest BCUT2D eigenvalue weighted by Gasteiger charge is -2.07. The molecule has 0 saturated carbocycles. The van der Waals surface area contributed by atoms with Crippen LogP contribution in [0.15, 0.2) is 88.1 Å². The predicted molar refractivity (Wildman–Crippen MR) is 123 cm³/mol. The Bertz CT molecular complexity index is 1110. The molecule has 3 aromatic rings. The fourth-order valence-electron chi connectivity index (χ4n) is 2.63. The van der Waals surface area contributed by atoms with Crippen molar-refractivity contribution < 1.29 is 9.66 Å². The number of hydrogen-bond acceptors (Lipinski definition) is 5. The minimum atomic E-state index is -0.408. The number of aryl methyl sites for hydroxylation is 3. The zero-order valence-electron chi connectivity index (χ0n) is 17.0. The second-order valence-electron chi connectivity index (χ2n) is 6.81. The van der Waals surface area contributed by atoms with Crippen molar-refractivity contribution in [3.8, 4) is 5.75 Å². The van der Waals surface area contributed by atoms with E-state index in [-0.39, 0.29) is 5.69 Å². The number of ether oxygens (including phenoxy) is 1. The summed E-state index contributed by atoms with van der Waals surface area (Å²) in [7, 11) is 0. The normalized spacial score (nSPS) is 11.6. The van der Waals surface area contributed by atoms with E-state index in [9.17, 15) is 10.1 Å². The molecule has 6 heteroatoms. The largest absolute Gasteiger partial charge is 0.439 e. The van der Waals surface area contributed by atoms with E-state index in [2.05, 4.69) is 18.8 Å². The van der Waals surface area contributed by atoms with Crippen molar-refractivity contribution in [3.63, 3.8) is 0 Å². The first kappa shape index (κ1) is 21.3. The molecule has 3 aromatic carbocycles. The minimum Gasteiger partial charge on any atom is -0.439 e. The first-order valence-electron chi connectivity index (χ1n) is 9.39. The van der Waals surface area contributed by atoms with Gasteiger partial charge in [0.15, 0.2) is 0 Å². The third kappa shape index (κ3) is 6.06. The van der Waals surface area contributed by atoms with E-state index < -0.39 is 4.92 Å². The van der Waals surface area contributed by atoms with E-state index in [0.29, 0.717) is 11.6 Å². The zero-order chi connectivity index (χ0) is 21.5. The Hall–Kier alpha value is -3.38. The molecule has 0 unspecified atom stereocenters. The van der Waals surface area contributed by atoms with Crippen LogP contribution in [0.25, 0.3) is 0 Å². The highest BCUT2D eigenvalue weighted by molar-refractivity contribution is 8.02. The first-order chi connectivity index (χ1) is 14.4. The second-order valence-corrected chi connectivity index (χ2v) is 7.79. The summed E-state index contributed by atoms with van der Waals surface area (Å²) in [5, 5.41) is 12.6. The summed E-state index contributed by atoms with van der Waals surface area (Å²) in [5.74, 6) is 1.17. The highest BCUT2D eigenvalue weighted by Gasteiger charge is 2.05. The summed E-state index contributed by atoms with van der Waals surface area (Å²) in [6.07, 6.45) is 1.80. The van der Waals surface area contributed by atoms with Crippen LogP contribution in [-0.2, 0) is 0 Å². The van der Waals surface area contributed by atoms with Gasteiger partial charge in [0.05, 0.1) is 10.6 Å². The molecule has 0 spiro atoms. The topological polar surface area (TPSA) is 64.7 Å². The molecule has 30 heavy (non-hydrogen) atoms. The van der Waals surface area contributed by atoms with Gasteiger partial charge in [0.1, 0.15) is 5.75 Å². The summed E-state index contributed by atoms with van der Waals surface area (Å²) < 4.78 is 6.02. The maximum atomic E-state index is 10.8. The third-order valence-electron chi connectivity index (χ3n) is 4.40. The Balaban J connectivity index is 1.82. The molecule has 0 radical (unpaired) electrons. The van der Waals surface area contributed by atoms with Gasteiger partial charge in [-0.05, 0) is 79.3 Å². The molecular weight excluding hydrogens is 396 g/mol. The summed E-state index contributed by atoms with van der Waals surface area (Å²) >= 11 is 1.44. The molecule has 0 aromatic heterocycles. The number of nitro groups is 1. The van der Waals surface area contributed by atoms with Gasteiger partial charge in [0, 0.05) is 23.1 Å². The maximum Gasteiger partial charge on any atom is 0.269 e. The molecule has 0 atom stereocenters. The summed E-state index contributed by atoms with van der Waals surface area (Å²) in [4.78, 5) is 15.9. The molecule has 0 aliphatic carbocycles. The van der Waals surface area contributed by atoms with Gasteiger partial charge in [-0.25, -0.2) is 4.99 Å². The van der Waals surface area contributed by atoms with E-state index in [1.807, 2.05) is 54.8 Å². The van der Waals surface area contributed by atoms with Crippen LogP contribution < -0.4 is 4.74 Å². The monoisotopic (exact) mass is 418 g/mol. The van der Waals surface area contributed by atoms with Gasteiger partial charge in [-0.1, -0.05) is 30.0 Å². The number of benzene rings is 3. The van der Waals surface area contributed by atoms with Crippen molar-refractivity contribution in [1.82, 2.24) is 0 Å². The van der Waals surface area contributed by atoms with Crippen LogP contribution in [0.3, 0.4) is 0 Å².